The van der Waals surface area contributed by atoms with Gasteiger partial charge in [0.05, 0.1) is 25.5 Å². The zero-order valence-corrected chi connectivity index (χ0v) is 20.7. The molecule has 0 fully saturated rings. The van der Waals surface area contributed by atoms with Crippen LogP contribution in [0.5, 0.6) is 11.8 Å². The zero-order chi connectivity index (χ0) is 24.5. The average Bonchev–Trinajstić information content (AvgIpc) is 3.50. The largest absolute Gasteiger partial charge is 0.477 e. The molecule has 1 aromatic carbocycles. The van der Waals surface area contributed by atoms with E-state index in [4.69, 9.17) is 14.2 Å². The number of carbonyl (C=O) groups is 1. The molecule has 0 atom stereocenters. The molecule has 0 unspecified atom stereocenters. The fourth-order valence-electron chi connectivity index (χ4n) is 3.44. The second kappa shape index (κ2) is 12.1. The minimum atomic E-state index is -0.226. The summed E-state index contributed by atoms with van der Waals surface area (Å²) in [5.74, 6) is 0.855. The molecule has 9 heteroatoms. The molecule has 0 aliphatic heterocycles. The third-order valence-corrected chi connectivity index (χ3v) is 6.01. The van der Waals surface area contributed by atoms with E-state index in [1.54, 1.807) is 29.1 Å². The average molecular weight is 493 g/mol. The Kier molecular flexibility index (Phi) is 8.45. The lowest BCUT2D eigenvalue weighted by molar-refractivity contribution is -0.143. The van der Waals surface area contributed by atoms with Gasteiger partial charge in [0.1, 0.15) is 11.6 Å². The SMILES string of the molecule is CCOC(=O)CCc1cn(Cc2ccc(OCc3csc(-c4ccccc4)n3)nc2)nc1OCC. The van der Waals surface area contributed by atoms with Crippen LogP contribution in [0, 0.1) is 0 Å². The molecule has 0 aliphatic rings. The van der Waals surface area contributed by atoms with Gasteiger partial charge < -0.3 is 14.2 Å². The number of aryl methyl sites for hydroxylation is 1. The summed E-state index contributed by atoms with van der Waals surface area (Å²) in [6.45, 7) is 5.47. The minimum absolute atomic E-state index is 0.226. The van der Waals surface area contributed by atoms with Gasteiger partial charge in [-0.15, -0.1) is 16.4 Å². The second-order valence-electron chi connectivity index (χ2n) is 7.70. The lowest BCUT2D eigenvalue weighted by atomic mass is 10.2. The van der Waals surface area contributed by atoms with Gasteiger partial charge in [-0.1, -0.05) is 36.4 Å². The Hall–Kier alpha value is -3.72. The van der Waals surface area contributed by atoms with Crippen LogP contribution in [0.15, 0.2) is 60.2 Å². The van der Waals surface area contributed by atoms with Crippen LogP contribution in [0.1, 0.15) is 37.1 Å². The molecule has 0 saturated carbocycles. The van der Waals surface area contributed by atoms with Crippen LogP contribution in [0.4, 0.5) is 0 Å². The maximum atomic E-state index is 11.7. The lowest BCUT2D eigenvalue weighted by Crippen LogP contribution is -2.05. The Morgan fingerprint density at radius 2 is 1.91 bits per heavy atom. The van der Waals surface area contributed by atoms with E-state index < -0.39 is 0 Å². The van der Waals surface area contributed by atoms with E-state index in [0.717, 1.165) is 27.4 Å². The van der Waals surface area contributed by atoms with Gasteiger partial charge >= 0.3 is 5.97 Å². The molecule has 0 saturated heterocycles. The highest BCUT2D eigenvalue weighted by Crippen LogP contribution is 2.24. The first-order chi connectivity index (χ1) is 17.1. The summed E-state index contributed by atoms with van der Waals surface area (Å²) in [5.41, 5.74) is 3.82. The van der Waals surface area contributed by atoms with Crippen molar-refractivity contribution in [3.05, 3.63) is 77.1 Å². The molecule has 0 amide bonds. The van der Waals surface area contributed by atoms with Crippen molar-refractivity contribution in [2.75, 3.05) is 13.2 Å². The van der Waals surface area contributed by atoms with E-state index >= 15 is 0 Å². The Balaban J connectivity index is 1.33. The topological polar surface area (TPSA) is 88.4 Å². The molecular formula is C26H28N4O4S. The lowest BCUT2D eigenvalue weighted by Gasteiger charge is -2.05. The smallest absolute Gasteiger partial charge is 0.306 e. The predicted octanol–water partition coefficient (Wildman–Crippen LogP) is 4.92. The third kappa shape index (κ3) is 6.89. The maximum absolute atomic E-state index is 11.7. The molecule has 0 N–H and O–H groups in total. The zero-order valence-electron chi connectivity index (χ0n) is 19.8. The van der Waals surface area contributed by atoms with E-state index in [0.29, 0.717) is 51.0 Å². The summed E-state index contributed by atoms with van der Waals surface area (Å²) < 4.78 is 18.3. The molecule has 0 radical (unpaired) electrons. The summed E-state index contributed by atoms with van der Waals surface area (Å²) in [4.78, 5) is 20.8. The van der Waals surface area contributed by atoms with Crippen molar-refractivity contribution < 1.29 is 19.0 Å². The van der Waals surface area contributed by atoms with Gasteiger partial charge in [0.15, 0.2) is 0 Å². The van der Waals surface area contributed by atoms with Crippen LogP contribution in [0.3, 0.4) is 0 Å². The van der Waals surface area contributed by atoms with Gasteiger partial charge in [-0.3, -0.25) is 9.48 Å². The number of pyridine rings is 1. The highest BCUT2D eigenvalue weighted by molar-refractivity contribution is 7.13. The standard InChI is InChI=1S/C26H28N4O4S/c1-3-32-24(31)13-11-21-16-30(29-25(21)33-4-2)15-19-10-12-23(27-14-19)34-17-22-18-35-26(28-22)20-8-6-5-7-9-20/h5-10,12,14,16,18H,3-4,11,13,15,17H2,1-2H3. The van der Waals surface area contributed by atoms with Crippen molar-refractivity contribution in [2.24, 2.45) is 0 Å². The summed E-state index contributed by atoms with van der Waals surface area (Å²) in [5, 5.41) is 7.50. The molecule has 35 heavy (non-hydrogen) atoms. The first-order valence-corrected chi connectivity index (χ1v) is 12.4. The number of nitrogens with zero attached hydrogens (tertiary/aromatic N) is 4. The van der Waals surface area contributed by atoms with Gasteiger partial charge in [-0.25, -0.2) is 9.97 Å². The van der Waals surface area contributed by atoms with Crippen molar-refractivity contribution in [2.45, 2.75) is 39.8 Å². The van der Waals surface area contributed by atoms with E-state index in [1.807, 2.05) is 61.0 Å². The van der Waals surface area contributed by atoms with Crippen molar-refractivity contribution in [3.8, 4) is 22.3 Å². The van der Waals surface area contributed by atoms with E-state index in [1.165, 1.54) is 0 Å². The van der Waals surface area contributed by atoms with Crippen LogP contribution >= 0.6 is 11.3 Å². The van der Waals surface area contributed by atoms with Crippen LogP contribution in [-0.4, -0.2) is 38.9 Å². The quantitative estimate of drug-likeness (QED) is 0.259. The monoisotopic (exact) mass is 492 g/mol. The van der Waals surface area contributed by atoms with Gasteiger partial charge in [0.25, 0.3) is 0 Å². The molecule has 4 aromatic rings. The number of thiazole rings is 1. The number of benzene rings is 1. The molecule has 0 spiro atoms. The van der Waals surface area contributed by atoms with E-state index in [2.05, 4.69) is 15.1 Å². The van der Waals surface area contributed by atoms with E-state index in [9.17, 15) is 4.79 Å². The number of carbonyl (C=O) groups excluding carboxylic acids is 1. The van der Waals surface area contributed by atoms with Crippen LogP contribution in [0.2, 0.25) is 0 Å². The summed E-state index contributed by atoms with van der Waals surface area (Å²) in [7, 11) is 0. The molecule has 0 bridgehead atoms. The molecule has 4 rings (SSSR count). The normalized spacial score (nSPS) is 10.8. The molecule has 3 heterocycles. The Morgan fingerprint density at radius 1 is 1.06 bits per heavy atom. The number of rotatable bonds is 12. The predicted molar refractivity (Wildman–Crippen MR) is 134 cm³/mol. The highest BCUT2D eigenvalue weighted by Gasteiger charge is 2.13. The summed E-state index contributed by atoms with van der Waals surface area (Å²) >= 11 is 1.60. The maximum Gasteiger partial charge on any atom is 0.306 e. The molecular weight excluding hydrogens is 464 g/mol. The van der Waals surface area contributed by atoms with Crippen molar-refractivity contribution >= 4 is 17.3 Å². The Morgan fingerprint density at radius 3 is 2.66 bits per heavy atom. The Bertz CT molecular complexity index is 1220. The van der Waals surface area contributed by atoms with Crippen molar-refractivity contribution in [1.82, 2.24) is 19.7 Å². The van der Waals surface area contributed by atoms with Crippen molar-refractivity contribution in [3.63, 3.8) is 0 Å². The van der Waals surface area contributed by atoms with Crippen LogP contribution in [0.25, 0.3) is 10.6 Å². The first-order valence-electron chi connectivity index (χ1n) is 11.6. The molecule has 0 aliphatic carbocycles. The number of aromatic nitrogens is 4. The van der Waals surface area contributed by atoms with Crippen LogP contribution in [-0.2, 0) is 29.1 Å². The Labute approximate surface area is 208 Å². The number of esters is 1. The number of hydrogen-bond donors (Lipinski definition) is 0. The van der Waals surface area contributed by atoms with Crippen molar-refractivity contribution in [1.29, 1.82) is 0 Å². The fraction of sp³-hybridized carbons (Fsp3) is 0.308. The fourth-order valence-corrected chi connectivity index (χ4v) is 4.25. The molecule has 8 nitrogen and oxygen atoms in total. The number of hydrogen-bond acceptors (Lipinski definition) is 8. The summed E-state index contributed by atoms with van der Waals surface area (Å²) in [6.07, 6.45) is 4.48. The van der Waals surface area contributed by atoms with Gasteiger partial charge in [0, 0.05) is 41.4 Å². The second-order valence-corrected chi connectivity index (χ2v) is 8.56. The molecule has 182 valence electrons. The van der Waals surface area contributed by atoms with Gasteiger partial charge in [-0.2, -0.15) is 0 Å². The first kappa shape index (κ1) is 24.4. The summed E-state index contributed by atoms with van der Waals surface area (Å²) in [6, 6.07) is 13.9. The third-order valence-electron chi connectivity index (χ3n) is 5.07. The van der Waals surface area contributed by atoms with Gasteiger partial charge in [-0.05, 0) is 25.8 Å². The highest BCUT2D eigenvalue weighted by atomic mass is 32.1. The molecule has 3 aromatic heterocycles. The van der Waals surface area contributed by atoms with Gasteiger partial charge in [0.2, 0.25) is 11.8 Å². The van der Waals surface area contributed by atoms with Crippen LogP contribution < -0.4 is 9.47 Å². The van der Waals surface area contributed by atoms with E-state index in [-0.39, 0.29) is 5.97 Å². The number of ether oxygens (including phenoxy) is 3. The minimum Gasteiger partial charge on any atom is -0.477 e.